The van der Waals surface area contributed by atoms with Crippen LogP contribution in [0.15, 0.2) is 229 Å². The van der Waals surface area contributed by atoms with Gasteiger partial charge < -0.3 is 59.7 Å². The van der Waals surface area contributed by atoms with Crippen LogP contribution in [0.4, 0.5) is 43.0 Å². The van der Waals surface area contributed by atoms with E-state index < -0.39 is 21.9 Å². The van der Waals surface area contributed by atoms with E-state index >= 15 is 0 Å². The van der Waals surface area contributed by atoms with E-state index in [0.717, 1.165) is 27.8 Å². The maximum absolute atomic E-state index is 12.8. The van der Waals surface area contributed by atoms with Crippen molar-refractivity contribution in [3.8, 4) is 84.4 Å². The molecule has 0 saturated carbocycles. The van der Waals surface area contributed by atoms with Crippen LogP contribution in [0.5, 0.6) is 0 Å². The molecule has 0 unspecified atom stereocenters. The zero-order chi connectivity index (χ0) is 90.9. The largest absolute Gasteiger partial charge is 0.460 e. The van der Waals surface area contributed by atoms with Crippen LogP contribution >= 0.6 is 0 Å². The van der Waals surface area contributed by atoms with E-state index in [1.165, 1.54) is 17.0 Å². The third kappa shape index (κ3) is 22.2. The Balaban J connectivity index is 0.000000139. The number of aromatic nitrogens is 19. The SMILES string of the molecule is CCNC(=O)Nc1nc2c(-c3cc(CS(C)(=O)=O)ccn3)cc(-c3cccnc3)cc2[nH]1.CCNC(=O)Nc1nc2c(-c3ccc(C(=O)OCC)o3)cc(-c3cccnc3)cc2[nH]1.CCNC(=O)Nc1nc2c(-n3cccn3)cc(-c3cnn(-c4ccccc4)c(=O)c3)cc2[nH]1.CCOC(=O)Nc1nc2c(-c3ncccn3)cc(-n3cnc(C(=O)NC(C)(C)C)c3)cc2[nH]1. The maximum Gasteiger partial charge on any atom is 0.413 e. The number of urea groups is 3. The molecule has 0 bridgehead atoms. The number of anilines is 4. The molecule has 5 aromatic carbocycles. The number of nitrogens with one attached hydrogen (secondary N) is 12. The summed E-state index contributed by atoms with van der Waals surface area (Å²) in [5.41, 5.74) is 15.0. The Kier molecular flexibility index (Phi) is 27.2. The van der Waals surface area contributed by atoms with Gasteiger partial charge in [0, 0.05) is 139 Å². The van der Waals surface area contributed by atoms with Crippen LogP contribution in [0.1, 0.15) is 82.0 Å². The third-order valence-corrected chi connectivity index (χ3v) is 19.5. The Morgan fingerprint density at radius 3 is 1.62 bits per heavy atom. The number of hydrogen-bond acceptors (Lipinski definition) is 24. The maximum atomic E-state index is 12.8. The summed E-state index contributed by atoms with van der Waals surface area (Å²) >= 11 is 0. The highest BCUT2D eigenvalue weighted by Gasteiger charge is 2.25. The van der Waals surface area contributed by atoms with Crippen molar-refractivity contribution in [2.75, 3.05) is 60.4 Å². The fraction of sp³-hybridized carbons (Fsp3) is 0.180. The quantitative estimate of drug-likeness (QED) is 0.0280. The lowest BCUT2D eigenvalue weighted by molar-refractivity contribution is 0.0490. The van der Waals surface area contributed by atoms with E-state index in [1.54, 1.807) is 128 Å². The average Bonchev–Trinajstić information content (AvgIpc) is 1.60. The number of rotatable bonds is 22. The Bertz CT molecular complexity index is 7090. The number of benzene rings is 5. The third-order valence-electron chi connectivity index (χ3n) is 18.7. The second-order valence-corrected chi connectivity index (χ2v) is 31.6. The van der Waals surface area contributed by atoms with E-state index in [4.69, 9.17) is 13.9 Å². The Morgan fingerprint density at radius 2 is 1.06 bits per heavy atom. The number of hydrogen-bond donors (Lipinski definition) is 12. The lowest BCUT2D eigenvalue weighted by Gasteiger charge is -2.19. The van der Waals surface area contributed by atoms with Crippen molar-refractivity contribution in [1.29, 1.82) is 0 Å². The van der Waals surface area contributed by atoms with Gasteiger partial charge in [0.25, 0.3) is 11.5 Å². The number of esters is 1. The van der Waals surface area contributed by atoms with Gasteiger partial charge in [-0.1, -0.05) is 30.3 Å². The molecule has 12 N–H and O–H groups in total. The first-order valence-corrected chi connectivity index (χ1v) is 42.6. The molecule has 0 spiro atoms. The Morgan fingerprint density at radius 1 is 0.496 bits per heavy atom. The summed E-state index contributed by atoms with van der Waals surface area (Å²) in [6.07, 6.45) is 20.7. The van der Waals surface area contributed by atoms with Gasteiger partial charge in [0.2, 0.25) is 29.6 Å². The summed E-state index contributed by atoms with van der Waals surface area (Å²) in [6.45, 7) is 16.6. The molecule has 0 aliphatic rings. The molecule has 0 atom stereocenters. The van der Waals surface area contributed by atoms with Crippen molar-refractivity contribution in [2.24, 2.45) is 0 Å². The number of aromatic amines is 4. The molecule has 17 rings (SSSR count). The summed E-state index contributed by atoms with van der Waals surface area (Å²) < 4.78 is 44.0. The molecule has 0 aliphatic carbocycles. The zero-order valence-electron chi connectivity index (χ0n) is 71.0. The van der Waals surface area contributed by atoms with E-state index in [2.05, 4.69) is 123 Å². The molecule has 0 fully saturated rings. The van der Waals surface area contributed by atoms with Gasteiger partial charge in [0.15, 0.2) is 15.7 Å². The van der Waals surface area contributed by atoms with E-state index in [9.17, 15) is 42.0 Å². The zero-order valence-corrected chi connectivity index (χ0v) is 71.9. The molecule has 0 radical (unpaired) electrons. The van der Waals surface area contributed by atoms with Crippen molar-refractivity contribution < 1.29 is 51.1 Å². The number of fused-ring (bicyclic) bond motifs is 4. The molecule has 40 heteroatoms. The number of furan rings is 1. The van der Waals surface area contributed by atoms with Crippen molar-refractivity contribution >= 4 is 114 Å². The second-order valence-electron chi connectivity index (χ2n) is 29.5. The molecule has 8 amide bonds. The Labute approximate surface area is 735 Å². The minimum absolute atomic E-state index is 0.0848. The number of para-hydroxylation sites is 1. The van der Waals surface area contributed by atoms with E-state index in [-0.39, 0.29) is 71.5 Å². The van der Waals surface area contributed by atoms with Crippen molar-refractivity contribution in [3.05, 3.63) is 247 Å². The molecular weight excluding hydrogens is 1670 g/mol. The number of carbonyl (C=O) groups excluding carboxylic acids is 6. The molecule has 0 saturated heterocycles. The van der Waals surface area contributed by atoms with Crippen LogP contribution in [0.3, 0.4) is 0 Å². The Hall–Kier alpha value is -16.9. The number of pyridine rings is 3. The molecule has 12 heterocycles. The molecule has 0 aliphatic heterocycles. The van der Waals surface area contributed by atoms with Crippen LogP contribution < -0.4 is 48.1 Å². The number of imidazole rings is 5. The standard InChI is InChI=1S/C23H20N8O2.C22H24N8O3.C22H22N6O3S.C22H21N5O4/c1-2-24-23(33)29-22-27-18-11-15(12-19(21(18)28-22)30-10-6-9-25-30)16-13-20(32)31(26-14-16)17-7-4-3-5-8-17;1-5-33-21(32)28-20-26-15-10-13(9-14(17(15)27-20)18-23-7-6-8-24-18)30-11-16(25-12-30)19(31)29-22(2,3)4;1-3-24-22(29)28-21-26-19-11-16(15-5-4-7-23-12-15)10-17(20(19)27-21)18-9-14(6-8-25-18)13-32(2,30)31;1-3-24-22(29)27-21-25-16-11-14(13-6-5-9-23-12-13)10-15(19(16)26-21)17-7-8-18(31-17)20(28)30-4-2/h3-14H,2H2,1H3,(H3,24,27,28,29,33);6-12H,5H2,1-4H3,(H,29,31)(H2,26,27,28,32);4-12H,3,13H2,1-2H3,(H3,24,26,27,28,29);5-12H,3-4H2,1-2H3,(H3,24,25,26,27,29). The summed E-state index contributed by atoms with van der Waals surface area (Å²) in [4.78, 5) is 141. The number of nitrogens with zero attached hydrogens (tertiary/aromatic N) is 15. The molecule has 12 aromatic heterocycles. The summed E-state index contributed by atoms with van der Waals surface area (Å²) in [5, 5.41) is 30.2. The van der Waals surface area contributed by atoms with Gasteiger partial charge >= 0.3 is 30.2 Å². The number of H-pyrrole nitrogens is 4. The number of ether oxygens (including phenoxy) is 2. The van der Waals surface area contributed by atoms with Gasteiger partial charge in [-0.3, -0.25) is 45.8 Å². The van der Waals surface area contributed by atoms with Gasteiger partial charge in [0.05, 0.1) is 69.8 Å². The first-order valence-electron chi connectivity index (χ1n) is 40.5. The lowest BCUT2D eigenvalue weighted by Crippen LogP contribution is -2.40. The van der Waals surface area contributed by atoms with E-state index in [0.29, 0.717) is 144 Å². The smallest absolute Gasteiger partial charge is 0.413 e. The molecule has 17 aromatic rings. The predicted molar refractivity (Wildman–Crippen MR) is 486 cm³/mol. The van der Waals surface area contributed by atoms with Gasteiger partial charge in [-0.15, -0.1) is 0 Å². The van der Waals surface area contributed by atoms with Crippen molar-refractivity contribution in [1.82, 2.24) is 115 Å². The summed E-state index contributed by atoms with van der Waals surface area (Å²) in [7, 11) is -3.20. The first kappa shape index (κ1) is 88.4. The fourth-order valence-electron chi connectivity index (χ4n) is 13.3. The normalized spacial score (nSPS) is 11.1. The van der Waals surface area contributed by atoms with Crippen LogP contribution in [0.25, 0.3) is 129 Å². The monoisotopic (exact) mass is 1760 g/mol. The van der Waals surface area contributed by atoms with Gasteiger partial charge in [-0.05, 0) is 187 Å². The lowest BCUT2D eigenvalue weighted by atomic mass is 10.0. The molecule has 129 heavy (non-hydrogen) atoms. The summed E-state index contributed by atoms with van der Waals surface area (Å²) in [6, 6.07) is 42.6. The van der Waals surface area contributed by atoms with Gasteiger partial charge in [0.1, 0.15) is 34.3 Å². The van der Waals surface area contributed by atoms with Crippen molar-refractivity contribution in [2.45, 2.75) is 66.7 Å². The number of sulfone groups is 1. The minimum atomic E-state index is -3.20. The van der Waals surface area contributed by atoms with Crippen molar-refractivity contribution in [3.63, 3.8) is 0 Å². The highest BCUT2D eigenvalue weighted by atomic mass is 32.2. The first-order chi connectivity index (χ1) is 62.3. The van der Waals surface area contributed by atoms with Crippen LogP contribution in [0.2, 0.25) is 0 Å². The van der Waals surface area contributed by atoms with Crippen LogP contribution in [-0.4, -0.2) is 183 Å². The number of carbonyl (C=O) groups is 6. The minimum Gasteiger partial charge on any atom is -0.460 e. The van der Waals surface area contributed by atoms with Gasteiger partial charge in [-0.2, -0.15) is 14.9 Å². The highest BCUT2D eigenvalue weighted by Crippen LogP contribution is 2.38. The molecular formula is C89H87N27O12S. The second kappa shape index (κ2) is 39.7. The highest BCUT2D eigenvalue weighted by molar-refractivity contribution is 7.89. The summed E-state index contributed by atoms with van der Waals surface area (Å²) in [5.74, 6) is 1.26. The van der Waals surface area contributed by atoms with Crippen LogP contribution in [0, 0.1) is 0 Å². The average molecular weight is 1760 g/mol. The molecule has 39 nitrogen and oxygen atoms in total. The molecule has 656 valence electrons. The van der Waals surface area contributed by atoms with Gasteiger partial charge in [-0.25, -0.2) is 72.0 Å². The van der Waals surface area contributed by atoms with E-state index in [1.807, 2.05) is 151 Å². The predicted octanol–water partition coefficient (Wildman–Crippen LogP) is 14.0. The topological polar surface area (TPSA) is 514 Å². The fourth-order valence-corrected chi connectivity index (χ4v) is 14.1. The van der Waals surface area contributed by atoms with Crippen LogP contribution in [-0.2, 0) is 25.1 Å². The number of amides is 8.